The summed E-state index contributed by atoms with van der Waals surface area (Å²) in [6.07, 6.45) is 6.44. The smallest absolute Gasteiger partial charge is 0.0515 e. The minimum absolute atomic E-state index is 0.154. The van der Waals surface area contributed by atoms with E-state index >= 15 is 0 Å². The van der Waals surface area contributed by atoms with Gasteiger partial charge in [0.1, 0.15) is 0 Å². The summed E-state index contributed by atoms with van der Waals surface area (Å²) >= 11 is 0. The molecular formula is C12H25NO. The summed E-state index contributed by atoms with van der Waals surface area (Å²) in [7, 11) is 0. The van der Waals surface area contributed by atoms with Gasteiger partial charge in [0.2, 0.25) is 0 Å². The molecule has 0 radical (unpaired) electrons. The fourth-order valence-corrected chi connectivity index (χ4v) is 2.41. The van der Waals surface area contributed by atoms with Crippen LogP contribution in [0, 0.1) is 11.8 Å². The van der Waals surface area contributed by atoms with E-state index in [4.69, 9.17) is 0 Å². The molecule has 14 heavy (non-hydrogen) atoms. The monoisotopic (exact) mass is 199 g/mol. The Bertz CT molecular complexity index is 141. The topological polar surface area (TPSA) is 32.3 Å². The van der Waals surface area contributed by atoms with Crippen molar-refractivity contribution in [1.82, 2.24) is 5.32 Å². The van der Waals surface area contributed by atoms with Gasteiger partial charge in [-0.15, -0.1) is 0 Å². The molecule has 0 bridgehead atoms. The lowest BCUT2D eigenvalue weighted by Gasteiger charge is -2.16. The number of aliphatic hydroxyl groups excluding tert-OH is 1. The SMILES string of the molecule is CC(O)CC(C)CNCC1CCCC1. The van der Waals surface area contributed by atoms with Crippen LogP contribution in [-0.4, -0.2) is 24.3 Å². The van der Waals surface area contributed by atoms with Gasteiger partial charge in [0.05, 0.1) is 6.10 Å². The second-order valence-corrected chi connectivity index (χ2v) is 5.00. The number of hydrogen-bond donors (Lipinski definition) is 2. The van der Waals surface area contributed by atoms with Gasteiger partial charge < -0.3 is 10.4 Å². The van der Waals surface area contributed by atoms with Crippen LogP contribution in [0.1, 0.15) is 46.0 Å². The number of nitrogens with one attached hydrogen (secondary N) is 1. The van der Waals surface area contributed by atoms with Crippen LogP contribution in [0.15, 0.2) is 0 Å². The third kappa shape index (κ3) is 4.97. The Labute approximate surface area is 88.1 Å². The zero-order valence-electron chi connectivity index (χ0n) is 9.63. The maximum atomic E-state index is 9.21. The predicted octanol–water partition coefficient (Wildman–Crippen LogP) is 2.17. The zero-order chi connectivity index (χ0) is 10.4. The van der Waals surface area contributed by atoms with Crippen molar-refractivity contribution in [2.24, 2.45) is 11.8 Å². The van der Waals surface area contributed by atoms with E-state index in [0.29, 0.717) is 5.92 Å². The van der Waals surface area contributed by atoms with Crippen molar-refractivity contribution in [3.05, 3.63) is 0 Å². The lowest BCUT2D eigenvalue weighted by Crippen LogP contribution is -2.27. The Balaban J connectivity index is 1.96. The summed E-state index contributed by atoms with van der Waals surface area (Å²) in [6, 6.07) is 0. The number of hydrogen-bond acceptors (Lipinski definition) is 2. The van der Waals surface area contributed by atoms with E-state index in [1.54, 1.807) is 0 Å². The second-order valence-electron chi connectivity index (χ2n) is 5.00. The molecule has 84 valence electrons. The average molecular weight is 199 g/mol. The third-order valence-electron chi connectivity index (χ3n) is 3.14. The van der Waals surface area contributed by atoms with Crippen LogP contribution in [0.4, 0.5) is 0 Å². The molecule has 1 rings (SSSR count). The van der Waals surface area contributed by atoms with Crippen LogP contribution in [-0.2, 0) is 0 Å². The van der Waals surface area contributed by atoms with E-state index in [9.17, 15) is 5.11 Å². The standard InChI is InChI=1S/C12H25NO/c1-10(7-11(2)14)8-13-9-12-5-3-4-6-12/h10-14H,3-9H2,1-2H3. The molecular weight excluding hydrogens is 174 g/mol. The largest absolute Gasteiger partial charge is 0.393 e. The van der Waals surface area contributed by atoms with Crippen molar-refractivity contribution in [3.8, 4) is 0 Å². The molecule has 0 aromatic rings. The van der Waals surface area contributed by atoms with Crippen molar-refractivity contribution in [3.63, 3.8) is 0 Å². The molecule has 2 atom stereocenters. The first-order valence-electron chi connectivity index (χ1n) is 6.07. The highest BCUT2D eigenvalue weighted by Gasteiger charge is 2.14. The van der Waals surface area contributed by atoms with Gasteiger partial charge in [-0.25, -0.2) is 0 Å². The average Bonchev–Trinajstić information content (AvgIpc) is 2.55. The summed E-state index contributed by atoms with van der Waals surface area (Å²) < 4.78 is 0. The van der Waals surface area contributed by atoms with Crippen LogP contribution >= 0.6 is 0 Å². The van der Waals surface area contributed by atoms with E-state index in [-0.39, 0.29) is 6.10 Å². The highest BCUT2D eigenvalue weighted by atomic mass is 16.3. The van der Waals surface area contributed by atoms with E-state index in [1.165, 1.54) is 32.2 Å². The Morgan fingerprint density at radius 1 is 1.29 bits per heavy atom. The van der Waals surface area contributed by atoms with Gasteiger partial charge >= 0.3 is 0 Å². The van der Waals surface area contributed by atoms with Crippen LogP contribution < -0.4 is 5.32 Å². The molecule has 1 saturated carbocycles. The summed E-state index contributed by atoms with van der Waals surface area (Å²) in [4.78, 5) is 0. The van der Waals surface area contributed by atoms with Gasteiger partial charge in [-0.2, -0.15) is 0 Å². The van der Waals surface area contributed by atoms with Crippen LogP contribution in [0.3, 0.4) is 0 Å². The molecule has 2 N–H and O–H groups in total. The lowest BCUT2D eigenvalue weighted by molar-refractivity contribution is 0.163. The molecule has 0 aromatic heterocycles. The van der Waals surface area contributed by atoms with Crippen molar-refractivity contribution in [2.75, 3.05) is 13.1 Å². The van der Waals surface area contributed by atoms with Crippen molar-refractivity contribution >= 4 is 0 Å². The first-order chi connectivity index (χ1) is 6.68. The molecule has 0 aromatic carbocycles. The molecule has 2 unspecified atom stereocenters. The van der Waals surface area contributed by atoms with E-state index in [0.717, 1.165) is 18.9 Å². The maximum Gasteiger partial charge on any atom is 0.0515 e. The molecule has 0 amide bonds. The normalized spacial score (nSPS) is 22.5. The second kappa shape index (κ2) is 6.41. The highest BCUT2D eigenvalue weighted by Crippen LogP contribution is 2.23. The molecule has 0 spiro atoms. The molecule has 0 aliphatic heterocycles. The van der Waals surface area contributed by atoms with Crippen molar-refractivity contribution in [2.45, 2.75) is 52.1 Å². The Hall–Kier alpha value is -0.0800. The summed E-state index contributed by atoms with van der Waals surface area (Å²) in [5.41, 5.74) is 0. The lowest BCUT2D eigenvalue weighted by atomic mass is 10.0. The summed E-state index contributed by atoms with van der Waals surface area (Å²) in [6.45, 7) is 6.31. The predicted molar refractivity (Wildman–Crippen MR) is 60.3 cm³/mol. The summed E-state index contributed by atoms with van der Waals surface area (Å²) in [5, 5.41) is 12.7. The van der Waals surface area contributed by atoms with Crippen molar-refractivity contribution < 1.29 is 5.11 Å². The van der Waals surface area contributed by atoms with Gasteiger partial charge in [0, 0.05) is 0 Å². The Kier molecular flexibility index (Phi) is 5.49. The molecule has 1 aliphatic carbocycles. The van der Waals surface area contributed by atoms with Gasteiger partial charge in [0.15, 0.2) is 0 Å². The zero-order valence-corrected chi connectivity index (χ0v) is 9.63. The van der Waals surface area contributed by atoms with Crippen LogP contribution in [0.25, 0.3) is 0 Å². The van der Waals surface area contributed by atoms with E-state index in [2.05, 4.69) is 12.2 Å². The van der Waals surface area contributed by atoms with Crippen molar-refractivity contribution in [1.29, 1.82) is 0 Å². The van der Waals surface area contributed by atoms with Gasteiger partial charge in [-0.1, -0.05) is 19.8 Å². The molecule has 1 aliphatic rings. The molecule has 0 saturated heterocycles. The Morgan fingerprint density at radius 2 is 1.93 bits per heavy atom. The van der Waals surface area contributed by atoms with Crippen LogP contribution in [0.2, 0.25) is 0 Å². The molecule has 0 heterocycles. The first kappa shape index (κ1) is 12.0. The third-order valence-corrected chi connectivity index (χ3v) is 3.14. The first-order valence-corrected chi connectivity index (χ1v) is 6.07. The van der Waals surface area contributed by atoms with Gasteiger partial charge in [-0.3, -0.25) is 0 Å². The van der Waals surface area contributed by atoms with Gasteiger partial charge in [0.25, 0.3) is 0 Å². The van der Waals surface area contributed by atoms with Crippen LogP contribution in [0.5, 0.6) is 0 Å². The number of aliphatic hydroxyl groups is 1. The molecule has 2 nitrogen and oxygen atoms in total. The molecule has 2 heteroatoms. The molecule has 1 fully saturated rings. The van der Waals surface area contributed by atoms with E-state index < -0.39 is 0 Å². The Morgan fingerprint density at radius 3 is 2.50 bits per heavy atom. The quantitative estimate of drug-likeness (QED) is 0.687. The maximum absolute atomic E-state index is 9.21. The minimum atomic E-state index is -0.154. The minimum Gasteiger partial charge on any atom is -0.393 e. The van der Waals surface area contributed by atoms with Gasteiger partial charge in [-0.05, 0) is 51.1 Å². The highest BCUT2D eigenvalue weighted by molar-refractivity contribution is 4.70. The summed E-state index contributed by atoms with van der Waals surface area (Å²) in [5.74, 6) is 1.52. The fourth-order valence-electron chi connectivity index (χ4n) is 2.41. The number of rotatable bonds is 6. The van der Waals surface area contributed by atoms with E-state index in [1.807, 2.05) is 6.92 Å². The fraction of sp³-hybridized carbons (Fsp3) is 1.00.